The lowest BCUT2D eigenvalue weighted by Crippen LogP contribution is -2.23. The van der Waals surface area contributed by atoms with E-state index in [4.69, 9.17) is 5.73 Å². The highest BCUT2D eigenvalue weighted by Crippen LogP contribution is 2.17. The van der Waals surface area contributed by atoms with Gasteiger partial charge in [0.05, 0.1) is 0 Å². The normalized spacial score (nSPS) is 12.3. The largest absolute Gasteiger partial charge is 0.327 e. The molecular weight excluding hydrogens is 317 g/mol. The first kappa shape index (κ1) is 15.2. The van der Waals surface area contributed by atoms with Gasteiger partial charge >= 0.3 is 0 Å². The molecule has 0 aromatic heterocycles. The van der Waals surface area contributed by atoms with Crippen molar-refractivity contribution in [2.75, 3.05) is 0 Å². The van der Waals surface area contributed by atoms with E-state index in [2.05, 4.69) is 28.1 Å². The summed E-state index contributed by atoms with van der Waals surface area (Å²) >= 11 is 3.26. The van der Waals surface area contributed by atoms with Gasteiger partial charge in [-0.25, -0.2) is 4.39 Å². The maximum Gasteiger partial charge on any atom is 0.127 e. The van der Waals surface area contributed by atoms with Crippen LogP contribution in [-0.2, 0) is 12.8 Å². The average molecular weight is 336 g/mol. The van der Waals surface area contributed by atoms with Crippen molar-refractivity contribution in [3.05, 3.63) is 69.9 Å². The Labute approximate surface area is 128 Å². The van der Waals surface area contributed by atoms with E-state index >= 15 is 0 Å². The first-order valence-electron chi connectivity index (χ1n) is 6.88. The zero-order valence-electron chi connectivity index (χ0n) is 11.4. The first-order chi connectivity index (χ1) is 9.65. The van der Waals surface area contributed by atoms with Gasteiger partial charge in [-0.15, -0.1) is 0 Å². The average Bonchev–Trinajstić information content (AvgIpc) is 2.43. The van der Waals surface area contributed by atoms with Crippen LogP contribution in [0.2, 0.25) is 0 Å². The van der Waals surface area contributed by atoms with Gasteiger partial charge < -0.3 is 5.73 Å². The van der Waals surface area contributed by atoms with Crippen molar-refractivity contribution in [3.8, 4) is 0 Å². The summed E-state index contributed by atoms with van der Waals surface area (Å²) in [5.41, 5.74) is 8.12. The van der Waals surface area contributed by atoms with Crippen LogP contribution in [0.3, 0.4) is 0 Å². The summed E-state index contributed by atoms with van der Waals surface area (Å²) in [6, 6.07) is 15.5. The molecule has 0 heterocycles. The van der Waals surface area contributed by atoms with Crippen LogP contribution in [0.25, 0.3) is 0 Å². The van der Waals surface area contributed by atoms with Crippen molar-refractivity contribution in [1.82, 2.24) is 0 Å². The number of hydrogen-bond donors (Lipinski definition) is 1. The van der Waals surface area contributed by atoms with E-state index in [0.717, 1.165) is 23.7 Å². The molecule has 1 nitrogen and oxygen atoms in total. The minimum atomic E-state index is -0.183. The maximum absolute atomic E-state index is 13.7. The second kappa shape index (κ2) is 7.55. The van der Waals surface area contributed by atoms with Gasteiger partial charge in [0.15, 0.2) is 0 Å². The number of halogens is 2. The Hall–Kier alpha value is -1.19. The zero-order chi connectivity index (χ0) is 14.4. The molecule has 2 N–H and O–H groups in total. The molecule has 0 aliphatic carbocycles. The SMILES string of the molecule is NC(CCCc1ccccc1)Cc1ccc(Br)cc1F. The Bertz CT molecular complexity index is 542. The number of hydrogen-bond acceptors (Lipinski definition) is 1. The molecule has 2 rings (SSSR count). The Balaban J connectivity index is 1.79. The molecule has 0 aliphatic heterocycles. The molecule has 0 bridgehead atoms. The van der Waals surface area contributed by atoms with Gasteiger partial charge in [-0.2, -0.15) is 0 Å². The van der Waals surface area contributed by atoms with Crippen LogP contribution in [0.1, 0.15) is 24.0 Å². The lowest BCUT2D eigenvalue weighted by atomic mass is 9.99. The van der Waals surface area contributed by atoms with E-state index < -0.39 is 0 Å². The molecule has 2 aromatic rings. The summed E-state index contributed by atoms with van der Waals surface area (Å²) < 4.78 is 14.5. The van der Waals surface area contributed by atoms with Gasteiger partial charge in [-0.05, 0) is 48.9 Å². The van der Waals surface area contributed by atoms with Gasteiger partial charge in [-0.3, -0.25) is 0 Å². The van der Waals surface area contributed by atoms with E-state index in [9.17, 15) is 4.39 Å². The molecule has 0 aliphatic rings. The lowest BCUT2D eigenvalue weighted by Gasteiger charge is -2.12. The van der Waals surface area contributed by atoms with Crippen molar-refractivity contribution < 1.29 is 4.39 Å². The fraction of sp³-hybridized carbons (Fsp3) is 0.294. The molecule has 0 fully saturated rings. The van der Waals surface area contributed by atoms with Crippen molar-refractivity contribution in [2.45, 2.75) is 31.7 Å². The maximum atomic E-state index is 13.7. The number of rotatable bonds is 6. The summed E-state index contributed by atoms with van der Waals surface area (Å²) in [4.78, 5) is 0. The van der Waals surface area contributed by atoms with Crippen LogP contribution in [0.5, 0.6) is 0 Å². The zero-order valence-corrected chi connectivity index (χ0v) is 12.9. The smallest absolute Gasteiger partial charge is 0.127 e. The van der Waals surface area contributed by atoms with Crippen molar-refractivity contribution in [3.63, 3.8) is 0 Å². The minimum absolute atomic E-state index is 0.00869. The van der Waals surface area contributed by atoms with Crippen molar-refractivity contribution in [2.24, 2.45) is 5.73 Å². The summed E-state index contributed by atoms with van der Waals surface area (Å²) in [6.45, 7) is 0. The Morgan fingerprint density at radius 3 is 2.55 bits per heavy atom. The van der Waals surface area contributed by atoms with Crippen LogP contribution >= 0.6 is 15.9 Å². The van der Waals surface area contributed by atoms with Gasteiger partial charge in [0.2, 0.25) is 0 Å². The molecule has 106 valence electrons. The summed E-state index contributed by atoms with van der Waals surface area (Å²) in [5, 5.41) is 0. The first-order valence-corrected chi connectivity index (χ1v) is 7.68. The van der Waals surface area contributed by atoms with Crippen LogP contribution < -0.4 is 5.73 Å². The molecule has 0 saturated heterocycles. The van der Waals surface area contributed by atoms with E-state index in [1.54, 1.807) is 6.07 Å². The molecule has 20 heavy (non-hydrogen) atoms. The van der Waals surface area contributed by atoms with Crippen LogP contribution in [0.15, 0.2) is 53.0 Å². The van der Waals surface area contributed by atoms with Crippen LogP contribution in [0.4, 0.5) is 4.39 Å². The van der Waals surface area contributed by atoms with Gasteiger partial charge in [-0.1, -0.05) is 52.3 Å². The van der Waals surface area contributed by atoms with E-state index in [-0.39, 0.29) is 11.9 Å². The van der Waals surface area contributed by atoms with E-state index in [0.29, 0.717) is 12.0 Å². The Morgan fingerprint density at radius 2 is 1.85 bits per heavy atom. The highest BCUT2D eigenvalue weighted by Gasteiger charge is 2.08. The van der Waals surface area contributed by atoms with Gasteiger partial charge in [0.25, 0.3) is 0 Å². The van der Waals surface area contributed by atoms with Crippen molar-refractivity contribution >= 4 is 15.9 Å². The van der Waals surface area contributed by atoms with E-state index in [1.807, 2.05) is 24.3 Å². The molecule has 0 saturated carbocycles. The predicted molar refractivity (Wildman–Crippen MR) is 85.2 cm³/mol. The van der Waals surface area contributed by atoms with Gasteiger partial charge in [0.1, 0.15) is 5.82 Å². The lowest BCUT2D eigenvalue weighted by molar-refractivity contribution is 0.551. The fourth-order valence-corrected chi connectivity index (χ4v) is 2.62. The molecule has 0 amide bonds. The molecule has 3 heteroatoms. The summed E-state index contributed by atoms with van der Waals surface area (Å²) in [7, 11) is 0. The monoisotopic (exact) mass is 335 g/mol. The topological polar surface area (TPSA) is 26.0 Å². The fourth-order valence-electron chi connectivity index (χ4n) is 2.28. The molecular formula is C17H19BrFN. The standard InChI is InChI=1S/C17H19BrFN/c18-15-10-9-14(17(19)12-15)11-16(20)8-4-7-13-5-2-1-3-6-13/h1-3,5-6,9-10,12,16H,4,7-8,11,20H2. The second-order valence-corrected chi connectivity index (χ2v) is 5.99. The number of benzene rings is 2. The second-order valence-electron chi connectivity index (χ2n) is 5.08. The summed E-state index contributed by atoms with van der Waals surface area (Å²) in [6.07, 6.45) is 3.55. The van der Waals surface area contributed by atoms with Crippen LogP contribution in [-0.4, -0.2) is 6.04 Å². The highest BCUT2D eigenvalue weighted by molar-refractivity contribution is 9.10. The quantitative estimate of drug-likeness (QED) is 0.827. The third kappa shape index (κ3) is 4.73. The molecule has 0 radical (unpaired) electrons. The predicted octanol–water partition coefficient (Wildman–Crippen LogP) is 4.48. The van der Waals surface area contributed by atoms with Crippen LogP contribution in [0, 0.1) is 5.82 Å². The molecule has 0 spiro atoms. The Morgan fingerprint density at radius 1 is 1.10 bits per heavy atom. The van der Waals surface area contributed by atoms with Crippen molar-refractivity contribution in [1.29, 1.82) is 0 Å². The Kier molecular flexibility index (Phi) is 5.74. The third-order valence-corrected chi connectivity index (χ3v) is 3.87. The number of nitrogens with two attached hydrogens (primary N) is 1. The molecule has 1 atom stereocenters. The minimum Gasteiger partial charge on any atom is -0.327 e. The van der Waals surface area contributed by atoms with E-state index in [1.165, 1.54) is 11.6 Å². The molecule has 1 unspecified atom stereocenters. The number of aryl methyl sites for hydroxylation is 1. The third-order valence-electron chi connectivity index (χ3n) is 3.38. The summed E-state index contributed by atoms with van der Waals surface area (Å²) in [5.74, 6) is -0.183. The molecule has 2 aromatic carbocycles. The van der Waals surface area contributed by atoms with Gasteiger partial charge in [0, 0.05) is 10.5 Å². The highest BCUT2D eigenvalue weighted by atomic mass is 79.9.